The van der Waals surface area contributed by atoms with Gasteiger partial charge in [0.05, 0.1) is 18.7 Å². The molecule has 1 saturated heterocycles. The highest BCUT2D eigenvalue weighted by Crippen LogP contribution is 2.40. The second kappa shape index (κ2) is 8.67. The average molecular weight is 431 g/mol. The molecule has 1 heterocycles. The van der Waals surface area contributed by atoms with Crippen molar-refractivity contribution in [1.82, 2.24) is 4.90 Å². The normalized spacial score (nSPS) is 17.6. The number of methoxy groups -OCH3 is 1. The summed E-state index contributed by atoms with van der Waals surface area (Å²) in [5.41, 5.74) is 2.55. The smallest absolute Gasteiger partial charge is 0.295 e. The highest BCUT2D eigenvalue weighted by Gasteiger charge is 2.46. The topological polar surface area (TPSA) is 66.8 Å². The number of ketones is 1. The molecule has 0 aromatic heterocycles. The lowest BCUT2D eigenvalue weighted by Gasteiger charge is -2.25. The maximum atomic E-state index is 13.3. The van der Waals surface area contributed by atoms with Crippen molar-refractivity contribution in [2.75, 3.05) is 7.11 Å². The zero-order valence-corrected chi connectivity index (χ0v) is 17.7. The number of ether oxygens (including phenoxy) is 1. The van der Waals surface area contributed by atoms with E-state index in [1.165, 1.54) is 17.0 Å². The van der Waals surface area contributed by atoms with Crippen molar-refractivity contribution in [3.63, 3.8) is 0 Å². The highest BCUT2D eigenvalue weighted by molar-refractivity contribution is 6.46. The van der Waals surface area contributed by atoms with Gasteiger partial charge in [-0.05, 0) is 53.9 Å². The number of likely N-dealkylation sites (tertiary alicyclic amines) is 1. The molecule has 1 atom stereocenters. The maximum Gasteiger partial charge on any atom is 0.295 e. The molecule has 0 bridgehead atoms. The molecule has 1 fully saturated rings. The molecule has 5 nitrogen and oxygen atoms in total. The Labute approximate surface area is 185 Å². The van der Waals surface area contributed by atoms with E-state index in [1.807, 2.05) is 30.3 Å². The largest absolute Gasteiger partial charge is 0.507 e. The molecule has 6 heteroatoms. The van der Waals surface area contributed by atoms with Crippen LogP contribution in [-0.4, -0.2) is 28.8 Å². The predicted octanol–water partition coefficient (Wildman–Crippen LogP) is 4.76. The number of aliphatic hydroxyl groups excluding tert-OH is 1. The number of hydrogen-bond acceptors (Lipinski definition) is 4. The van der Waals surface area contributed by atoms with Gasteiger partial charge in [0.1, 0.15) is 17.3 Å². The van der Waals surface area contributed by atoms with E-state index in [1.54, 1.807) is 44.4 Å². The monoisotopic (exact) mass is 431 g/mol. The van der Waals surface area contributed by atoms with Crippen molar-refractivity contribution in [3.8, 4) is 5.75 Å². The number of nitrogens with zero attached hydrogens (tertiary/aromatic N) is 1. The Hall–Kier alpha value is -3.93. The summed E-state index contributed by atoms with van der Waals surface area (Å²) in [7, 11) is 1.55. The number of carbonyl (C=O) groups is 2. The fourth-order valence-electron chi connectivity index (χ4n) is 3.99. The van der Waals surface area contributed by atoms with Crippen LogP contribution in [-0.2, 0) is 16.1 Å². The summed E-state index contributed by atoms with van der Waals surface area (Å²) in [4.78, 5) is 27.5. The zero-order chi connectivity index (χ0) is 22.8. The maximum absolute atomic E-state index is 13.3. The van der Waals surface area contributed by atoms with E-state index in [2.05, 4.69) is 0 Å². The SMILES string of the molecule is COc1ccc(/C(O)=C2/C(=O)C(=O)N(Cc3ccc(F)cc3)C2c2ccccc2)c(C)c1. The summed E-state index contributed by atoms with van der Waals surface area (Å²) >= 11 is 0. The van der Waals surface area contributed by atoms with Crippen LogP contribution in [0.2, 0.25) is 0 Å². The first kappa shape index (κ1) is 21.3. The third kappa shape index (κ3) is 3.87. The number of aliphatic hydroxyl groups is 1. The molecule has 162 valence electrons. The number of carbonyl (C=O) groups excluding carboxylic acids is 2. The lowest BCUT2D eigenvalue weighted by molar-refractivity contribution is -0.140. The Morgan fingerprint density at radius 1 is 1.03 bits per heavy atom. The molecule has 1 amide bonds. The van der Waals surface area contributed by atoms with E-state index < -0.39 is 17.7 Å². The molecule has 1 aliphatic rings. The van der Waals surface area contributed by atoms with Crippen molar-refractivity contribution in [2.24, 2.45) is 0 Å². The summed E-state index contributed by atoms with van der Waals surface area (Å²) in [6.07, 6.45) is 0. The van der Waals surface area contributed by atoms with Crippen LogP contribution in [0.25, 0.3) is 5.76 Å². The van der Waals surface area contributed by atoms with Crippen LogP contribution in [0.4, 0.5) is 4.39 Å². The predicted molar refractivity (Wildman–Crippen MR) is 118 cm³/mol. The van der Waals surface area contributed by atoms with E-state index >= 15 is 0 Å². The van der Waals surface area contributed by atoms with Crippen LogP contribution in [0, 0.1) is 12.7 Å². The molecule has 1 N–H and O–H groups in total. The summed E-state index contributed by atoms with van der Waals surface area (Å²) < 4.78 is 18.6. The van der Waals surface area contributed by atoms with E-state index in [0.717, 1.165) is 0 Å². The first-order valence-electron chi connectivity index (χ1n) is 10.1. The van der Waals surface area contributed by atoms with Crippen molar-refractivity contribution in [1.29, 1.82) is 0 Å². The molecule has 0 saturated carbocycles. The second-order valence-electron chi connectivity index (χ2n) is 7.64. The average Bonchev–Trinajstić information content (AvgIpc) is 3.05. The molecule has 4 rings (SSSR count). The van der Waals surface area contributed by atoms with Crippen molar-refractivity contribution < 1.29 is 23.8 Å². The Bertz CT molecular complexity index is 1200. The minimum Gasteiger partial charge on any atom is -0.507 e. The van der Waals surface area contributed by atoms with Crippen LogP contribution in [0.1, 0.15) is 28.3 Å². The van der Waals surface area contributed by atoms with Gasteiger partial charge in [-0.1, -0.05) is 42.5 Å². The molecule has 1 unspecified atom stereocenters. The van der Waals surface area contributed by atoms with Crippen LogP contribution in [0.15, 0.2) is 78.4 Å². The van der Waals surface area contributed by atoms with Gasteiger partial charge in [0.25, 0.3) is 11.7 Å². The summed E-state index contributed by atoms with van der Waals surface area (Å²) in [6, 6.07) is 19.2. The van der Waals surface area contributed by atoms with Crippen LogP contribution in [0.3, 0.4) is 0 Å². The van der Waals surface area contributed by atoms with Crippen molar-refractivity contribution >= 4 is 17.4 Å². The number of aryl methyl sites for hydroxylation is 1. The third-order valence-electron chi connectivity index (χ3n) is 5.61. The molecule has 0 spiro atoms. The summed E-state index contributed by atoms with van der Waals surface area (Å²) in [5.74, 6) is -1.47. The first-order chi connectivity index (χ1) is 15.4. The molecule has 1 aliphatic heterocycles. The standard InChI is InChI=1S/C26H22FNO4/c1-16-14-20(32-2)12-13-21(16)24(29)22-23(18-6-4-3-5-7-18)28(26(31)25(22)30)15-17-8-10-19(27)11-9-17/h3-14,23,29H,15H2,1-2H3/b24-22-. The van der Waals surface area contributed by atoms with Gasteiger partial charge in [-0.3, -0.25) is 9.59 Å². The fraction of sp³-hybridized carbons (Fsp3) is 0.154. The van der Waals surface area contributed by atoms with E-state index in [4.69, 9.17) is 4.74 Å². The molecule has 3 aromatic carbocycles. The molecule has 0 aliphatic carbocycles. The Morgan fingerprint density at radius 3 is 2.34 bits per heavy atom. The number of hydrogen-bond donors (Lipinski definition) is 1. The third-order valence-corrected chi connectivity index (χ3v) is 5.61. The van der Waals surface area contributed by atoms with Gasteiger partial charge in [0, 0.05) is 12.1 Å². The number of rotatable bonds is 5. The molecule has 0 radical (unpaired) electrons. The molecule has 32 heavy (non-hydrogen) atoms. The fourth-order valence-corrected chi connectivity index (χ4v) is 3.99. The van der Waals surface area contributed by atoms with Gasteiger partial charge >= 0.3 is 0 Å². The lowest BCUT2D eigenvalue weighted by atomic mass is 9.94. The zero-order valence-electron chi connectivity index (χ0n) is 17.7. The number of halogens is 1. The quantitative estimate of drug-likeness (QED) is 0.359. The Morgan fingerprint density at radius 2 is 1.72 bits per heavy atom. The van der Waals surface area contributed by atoms with Crippen LogP contribution < -0.4 is 4.74 Å². The van der Waals surface area contributed by atoms with E-state index in [0.29, 0.717) is 28.0 Å². The van der Waals surface area contributed by atoms with E-state index in [-0.39, 0.29) is 23.7 Å². The number of Topliss-reactive ketones (excluding diaryl/α,β-unsaturated/α-hetero) is 1. The van der Waals surface area contributed by atoms with Gasteiger partial charge in [0.2, 0.25) is 0 Å². The van der Waals surface area contributed by atoms with Gasteiger partial charge in [-0.15, -0.1) is 0 Å². The van der Waals surface area contributed by atoms with E-state index in [9.17, 15) is 19.1 Å². The van der Waals surface area contributed by atoms with Gasteiger partial charge in [-0.2, -0.15) is 0 Å². The lowest BCUT2D eigenvalue weighted by Crippen LogP contribution is -2.29. The minimum absolute atomic E-state index is 0.0246. The van der Waals surface area contributed by atoms with Crippen LogP contribution in [0.5, 0.6) is 5.75 Å². The first-order valence-corrected chi connectivity index (χ1v) is 10.1. The van der Waals surface area contributed by atoms with Gasteiger partial charge < -0.3 is 14.7 Å². The molecular formula is C26H22FNO4. The molecular weight excluding hydrogens is 409 g/mol. The number of benzene rings is 3. The minimum atomic E-state index is -0.775. The number of amides is 1. The van der Waals surface area contributed by atoms with Gasteiger partial charge in [0.15, 0.2) is 0 Å². The Balaban J connectivity index is 1.85. The van der Waals surface area contributed by atoms with Crippen molar-refractivity contribution in [3.05, 3.63) is 106 Å². The van der Waals surface area contributed by atoms with Gasteiger partial charge in [-0.25, -0.2) is 4.39 Å². The summed E-state index contributed by atoms with van der Waals surface area (Å²) in [5, 5.41) is 11.2. The van der Waals surface area contributed by atoms with Crippen LogP contribution >= 0.6 is 0 Å². The van der Waals surface area contributed by atoms with Crippen molar-refractivity contribution in [2.45, 2.75) is 19.5 Å². The molecule has 3 aromatic rings. The summed E-state index contributed by atoms with van der Waals surface area (Å²) in [6.45, 7) is 1.90. The second-order valence-corrected chi connectivity index (χ2v) is 7.64. The highest BCUT2D eigenvalue weighted by atomic mass is 19.1. The Kier molecular flexibility index (Phi) is 5.77.